The van der Waals surface area contributed by atoms with Crippen LogP contribution in [0.3, 0.4) is 0 Å². The molecule has 0 aliphatic heterocycles. The van der Waals surface area contributed by atoms with Crippen molar-refractivity contribution in [2.75, 3.05) is 12.3 Å². The standard InChI is InChI=1S/C15H23FN2O2S/c1-9(2)18(8-12-5-6-12)21(19,20)15-10(3)7-13(16)14(17)11(15)4/h7,9,12H,5-6,8,17H2,1-4H3. The van der Waals surface area contributed by atoms with Gasteiger partial charge >= 0.3 is 0 Å². The van der Waals surface area contributed by atoms with E-state index in [4.69, 9.17) is 5.73 Å². The molecule has 1 aromatic rings. The van der Waals surface area contributed by atoms with Crippen LogP contribution in [0.4, 0.5) is 10.1 Å². The van der Waals surface area contributed by atoms with Crippen molar-refractivity contribution in [3.63, 3.8) is 0 Å². The van der Waals surface area contributed by atoms with E-state index >= 15 is 0 Å². The third kappa shape index (κ3) is 3.06. The van der Waals surface area contributed by atoms with E-state index < -0.39 is 15.8 Å². The van der Waals surface area contributed by atoms with Crippen LogP contribution in [0.25, 0.3) is 0 Å². The minimum absolute atomic E-state index is 0.0886. The molecule has 1 fully saturated rings. The van der Waals surface area contributed by atoms with E-state index in [0.29, 0.717) is 23.6 Å². The molecule has 2 N–H and O–H groups in total. The summed E-state index contributed by atoms with van der Waals surface area (Å²) in [5, 5.41) is 0. The maximum Gasteiger partial charge on any atom is 0.243 e. The average molecular weight is 314 g/mol. The van der Waals surface area contributed by atoms with Gasteiger partial charge in [0.25, 0.3) is 0 Å². The Hall–Kier alpha value is -1.14. The molecular weight excluding hydrogens is 291 g/mol. The molecule has 0 unspecified atom stereocenters. The molecule has 0 atom stereocenters. The van der Waals surface area contributed by atoms with Gasteiger partial charge in [-0.3, -0.25) is 0 Å². The zero-order valence-corrected chi connectivity index (χ0v) is 13.8. The lowest BCUT2D eigenvalue weighted by molar-refractivity contribution is 0.341. The molecule has 0 radical (unpaired) electrons. The molecule has 0 heterocycles. The number of anilines is 1. The van der Waals surface area contributed by atoms with Gasteiger partial charge < -0.3 is 5.73 Å². The van der Waals surface area contributed by atoms with Gasteiger partial charge in [0.15, 0.2) is 0 Å². The fourth-order valence-electron chi connectivity index (χ4n) is 2.59. The fourth-order valence-corrected chi connectivity index (χ4v) is 4.75. The predicted molar refractivity (Wildman–Crippen MR) is 82.0 cm³/mol. The third-order valence-corrected chi connectivity index (χ3v) is 6.31. The van der Waals surface area contributed by atoms with Crippen LogP contribution in [0.5, 0.6) is 0 Å². The highest BCUT2D eigenvalue weighted by Crippen LogP contribution is 2.35. The number of benzene rings is 1. The number of hydrogen-bond donors (Lipinski definition) is 1. The number of nitrogen functional groups attached to an aromatic ring is 1. The minimum atomic E-state index is -3.67. The molecule has 1 aromatic carbocycles. The largest absolute Gasteiger partial charge is 0.396 e. The Balaban J connectivity index is 2.54. The van der Waals surface area contributed by atoms with E-state index in [2.05, 4.69) is 0 Å². The van der Waals surface area contributed by atoms with Gasteiger partial charge in [-0.1, -0.05) is 0 Å². The fraction of sp³-hybridized carbons (Fsp3) is 0.600. The van der Waals surface area contributed by atoms with Crippen LogP contribution in [0, 0.1) is 25.6 Å². The molecule has 1 aliphatic carbocycles. The van der Waals surface area contributed by atoms with Crippen LogP contribution in [0.1, 0.15) is 37.8 Å². The molecule has 6 heteroatoms. The lowest BCUT2D eigenvalue weighted by Gasteiger charge is -2.28. The monoisotopic (exact) mass is 314 g/mol. The number of nitrogens with zero attached hydrogens (tertiary/aromatic N) is 1. The molecule has 0 amide bonds. The van der Waals surface area contributed by atoms with Crippen LogP contribution in [-0.2, 0) is 10.0 Å². The van der Waals surface area contributed by atoms with Crippen LogP contribution < -0.4 is 5.73 Å². The Kier molecular flexibility index (Phi) is 4.31. The summed E-state index contributed by atoms with van der Waals surface area (Å²) in [5.74, 6) is -0.122. The number of sulfonamides is 1. The first-order valence-corrected chi connectivity index (χ1v) is 8.67. The minimum Gasteiger partial charge on any atom is -0.396 e. The van der Waals surface area contributed by atoms with Crippen molar-refractivity contribution in [1.82, 2.24) is 4.31 Å². The van der Waals surface area contributed by atoms with Gasteiger partial charge in [-0.2, -0.15) is 4.31 Å². The number of nitrogens with two attached hydrogens (primary N) is 1. The van der Waals surface area contributed by atoms with Crippen molar-refractivity contribution in [1.29, 1.82) is 0 Å². The highest BCUT2D eigenvalue weighted by Gasteiger charge is 2.35. The van der Waals surface area contributed by atoms with Crippen LogP contribution in [0.15, 0.2) is 11.0 Å². The first kappa shape index (κ1) is 16.2. The maximum absolute atomic E-state index is 13.7. The van der Waals surface area contributed by atoms with Gasteiger partial charge in [0, 0.05) is 12.6 Å². The molecule has 0 saturated heterocycles. The van der Waals surface area contributed by atoms with E-state index in [1.807, 2.05) is 13.8 Å². The average Bonchev–Trinajstić information content (AvgIpc) is 3.16. The molecule has 4 nitrogen and oxygen atoms in total. The first-order valence-electron chi connectivity index (χ1n) is 7.23. The molecule has 0 bridgehead atoms. The van der Waals surface area contributed by atoms with Gasteiger partial charge in [0.2, 0.25) is 10.0 Å². The zero-order chi connectivity index (χ0) is 15.9. The molecule has 118 valence electrons. The molecular formula is C15H23FN2O2S. The maximum atomic E-state index is 13.7. The second kappa shape index (κ2) is 5.57. The number of halogens is 1. The second-order valence-electron chi connectivity index (χ2n) is 6.15. The van der Waals surface area contributed by atoms with Crippen LogP contribution in [-0.4, -0.2) is 25.3 Å². The lowest BCUT2D eigenvalue weighted by Crippen LogP contribution is -2.39. The van der Waals surface area contributed by atoms with Crippen molar-refractivity contribution < 1.29 is 12.8 Å². The Morgan fingerprint density at radius 2 is 1.95 bits per heavy atom. The number of aryl methyl sites for hydroxylation is 1. The van der Waals surface area contributed by atoms with Crippen molar-refractivity contribution >= 4 is 15.7 Å². The summed E-state index contributed by atoms with van der Waals surface area (Å²) >= 11 is 0. The predicted octanol–water partition coefficient (Wildman–Crippen LogP) is 2.83. The SMILES string of the molecule is Cc1cc(F)c(N)c(C)c1S(=O)(=O)N(CC1CC1)C(C)C. The van der Waals surface area contributed by atoms with E-state index in [1.165, 1.54) is 10.4 Å². The summed E-state index contributed by atoms with van der Waals surface area (Å²) in [6.45, 7) is 7.41. The third-order valence-electron chi connectivity index (χ3n) is 3.98. The van der Waals surface area contributed by atoms with Gasteiger partial charge in [-0.05, 0) is 63.6 Å². The highest BCUT2D eigenvalue weighted by molar-refractivity contribution is 7.89. The number of hydrogen-bond acceptors (Lipinski definition) is 3. The summed E-state index contributed by atoms with van der Waals surface area (Å²) < 4.78 is 41.1. The Morgan fingerprint density at radius 1 is 1.38 bits per heavy atom. The van der Waals surface area contributed by atoms with Gasteiger partial charge in [0.1, 0.15) is 5.82 Å². The van der Waals surface area contributed by atoms with E-state index in [9.17, 15) is 12.8 Å². The topological polar surface area (TPSA) is 63.4 Å². The van der Waals surface area contributed by atoms with Gasteiger partial charge in [0.05, 0.1) is 10.6 Å². The van der Waals surface area contributed by atoms with E-state index in [0.717, 1.165) is 12.8 Å². The smallest absolute Gasteiger partial charge is 0.243 e. The zero-order valence-electron chi connectivity index (χ0n) is 13.0. The van der Waals surface area contributed by atoms with Crippen molar-refractivity contribution in [2.45, 2.75) is 51.5 Å². The second-order valence-corrected chi connectivity index (χ2v) is 7.98. The van der Waals surface area contributed by atoms with Gasteiger partial charge in [-0.25, -0.2) is 12.8 Å². The van der Waals surface area contributed by atoms with Crippen LogP contribution in [0.2, 0.25) is 0 Å². The van der Waals surface area contributed by atoms with E-state index in [1.54, 1.807) is 13.8 Å². The summed E-state index contributed by atoms with van der Waals surface area (Å²) in [4.78, 5) is 0.149. The summed E-state index contributed by atoms with van der Waals surface area (Å²) in [6.07, 6.45) is 2.14. The highest BCUT2D eigenvalue weighted by atomic mass is 32.2. The Bertz CT molecular complexity index is 652. The number of rotatable bonds is 5. The Morgan fingerprint density at radius 3 is 2.43 bits per heavy atom. The molecule has 2 rings (SSSR count). The van der Waals surface area contributed by atoms with Crippen molar-refractivity contribution in [3.8, 4) is 0 Å². The van der Waals surface area contributed by atoms with Gasteiger partial charge in [-0.15, -0.1) is 0 Å². The first-order chi connectivity index (χ1) is 9.66. The van der Waals surface area contributed by atoms with Crippen molar-refractivity contribution in [2.24, 2.45) is 5.92 Å². The summed E-state index contributed by atoms with van der Waals surface area (Å²) in [7, 11) is -3.67. The lowest BCUT2D eigenvalue weighted by atomic mass is 10.1. The molecule has 1 saturated carbocycles. The van der Waals surface area contributed by atoms with Crippen molar-refractivity contribution in [3.05, 3.63) is 23.0 Å². The Labute approximate surface area is 126 Å². The quantitative estimate of drug-likeness (QED) is 0.850. The normalized spacial score (nSPS) is 16.0. The molecule has 1 aliphatic rings. The molecule has 0 spiro atoms. The van der Waals surface area contributed by atoms with E-state index in [-0.39, 0.29) is 16.6 Å². The van der Waals surface area contributed by atoms with Crippen LogP contribution >= 0.6 is 0 Å². The molecule has 21 heavy (non-hydrogen) atoms. The molecule has 0 aromatic heterocycles. The summed E-state index contributed by atoms with van der Waals surface area (Å²) in [6, 6.07) is 1.06. The summed E-state index contributed by atoms with van der Waals surface area (Å²) in [5.41, 5.74) is 6.29.